The standard InChI is InChI=1S/C18H27ClN2O4S/c1-13(18(22)20(2)14-8-6-5-7-9-14)21(26(4,23)24)15-10-11-17(25-3)16(19)12-15/h10-14H,5-9H2,1-4H3/t13-/m1/s1. The fourth-order valence-corrected chi connectivity index (χ4v) is 4.95. The molecule has 1 aromatic carbocycles. The number of carbonyl (C=O) groups excluding carboxylic acids is 1. The largest absolute Gasteiger partial charge is 0.495 e. The van der Waals surface area contributed by atoms with Crippen LogP contribution in [0.5, 0.6) is 5.75 Å². The second-order valence-corrected chi connectivity index (χ2v) is 9.06. The maximum Gasteiger partial charge on any atom is 0.246 e. The number of halogens is 1. The highest BCUT2D eigenvalue weighted by Gasteiger charge is 2.33. The molecule has 1 aliphatic rings. The molecule has 146 valence electrons. The van der Waals surface area contributed by atoms with Crippen LogP contribution >= 0.6 is 11.6 Å². The molecule has 1 aromatic rings. The first-order valence-corrected chi connectivity index (χ1v) is 11.0. The number of hydrogen-bond acceptors (Lipinski definition) is 4. The molecular weight excluding hydrogens is 376 g/mol. The van der Waals surface area contributed by atoms with Gasteiger partial charge in [-0.1, -0.05) is 30.9 Å². The Balaban J connectivity index is 2.31. The van der Waals surface area contributed by atoms with Gasteiger partial charge in [0.2, 0.25) is 15.9 Å². The van der Waals surface area contributed by atoms with E-state index in [1.165, 1.54) is 19.6 Å². The summed E-state index contributed by atoms with van der Waals surface area (Å²) in [5.74, 6) is 0.233. The van der Waals surface area contributed by atoms with Crippen LogP contribution in [0.1, 0.15) is 39.0 Å². The van der Waals surface area contributed by atoms with Gasteiger partial charge in [0.1, 0.15) is 11.8 Å². The van der Waals surface area contributed by atoms with E-state index < -0.39 is 16.1 Å². The number of amides is 1. The Labute approximate surface area is 161 Å². The van der Waals surface area contributed by atoms with Gasteiger partial charge in [0.05, 0.1) is 24.1 Å². The van der Waals surface area contributed by atoms with Gasteiger partial charge in [-0.05, 0) is 38.0 Å². The zero-order valence-corrected chi connectivity index (χ0v) is 17.3. The molecule has 0 bridgehead atoms. The van der Waals surface area contributed by atoms with Gasteiger partial charge in [-0.2, -0.15) is 0 Å². The number of hydrogen-bond donors (Lipinski definition) is 0. The third-order valence-electron chi connectivity index (χ3n) is 4.93. The molecule has 26 heavy (non-hydrogen) atoms. The maximum absolute atomic E-state index is 13.0. The van der Waals surface area contributed by atoms with Crippen molar-refractivity contribution in [2.45, 2.75) is 51.1 Å². The van der Waals surface area contributed by atoms with Crippen LogP contribution in [0.25, 0.3) is 0 Å². The summed E-state index contributed by atoms with van der Waals surface area (Å²) < 4.78 is 31.1. The number of rotatable bonds is 6. The highest BCUT2D eigenvalue weighted by atomic mass is 35.5. The number of methoxy groups -OCH3 is 1. The average Bonchev–Trinajstić information content (AvgIpc) is 2.60. The van der Waals surface area contributed by atoms with Gasteiger partial charge >= 0.3 is 0 Å². The van der Waals surface area contributed by atoms with Gasteiger partial charge in [-0.3, -0.25) is 9.10 Å². The minimum Gasteiger partial charge on any atom is -0.495 e. The molecule has 1 fully saturated rings. The van der Waals surface area contributed by atoms with Crippen LogP contribution in [-0.2, 0) is 14.8 Å². The Morgan fingerprint density at radius 1 is 1.27 bits per heavy atom. The third-order valence-corrected chi connectivity index (χ3v) is 6.46. The molecule has 0 unspecified atom stereocenters. The fourth-order valence-electron chi connectivity index (χ4n) is 3.54. The molecule has 1 amide bonds. The first-order chi connectivity index (χ1) is 12.2. The van der Waals surface area contributed by atoms with Gasteiger partial charge in [0, 0.05) is 13.1 Å². The minimum atomic E-state index is -3.68. The van der Waals surface area contributed by atoms with Gasteiger partial charge in [0.25, 0.3) is 0 Å². The summed E-state index contributed by atoms with van der Waals surface area (Å²) in [5.41, 5.74) is 0.344. The van der Waals surface area contributed by atoms with E-state index in [0.29, 0.717) is 16.5 Å². The summed E-state index contributed by atoms with van der Waals surface area (Å²) in [6, 6.07) is 4.00. The molecule has 0 N–H and O–H groups in total. The smallest absolute Gasteiger partial charge is 0.246 e. The summed E-state index contributed by atoms with van der Waals surface area (Å²) in [7, 11) is -0.430. The molecule has 0 heterocycles. The molecule has 2 rings (SSSR count). The van der Waals surface area contributed by atoms with Crippen molar-refractivity contribution in [3.05, 3.63) is 23.2 Å². The normalized spacial score (nSPS) is 16.8. The zero-order valence-electron chi connectivity index (χ0n) is 15.7. The molecule has 0 aliphatic heterocycles. The lowest BCUT2D eigenvalue weighted by molar-refractivity contribution is -0.133. The molecule has 1 saturated carbocycles. The van der Waals surface area contributed by atoms with Gasteiger partial charge in [-0.15, -0.1) is 0 Å². The van der Waals surface area contributed by atoms with E-state index in [4.69, 9.17) is 16.3 Å². The van der Waals surface area contributed by atoms with Gasteiger partial charge in [-0.25, -0.2) is 8.42 Å². The van der Waals surface area contributed by atoms with Crippen molar-refractivity contribution in [3.63, 3.8) is 0 Å². The summed E-state index contributed by atoms with van der Waals surface area (Å²) >= 11 is 6.15. The molecule has 0 spiro atoms. The molecule has 8 heteroatoms. The van der Waals surface area contributed by atoms with Crippen LogP contribution in [0.15, 0.2) is 18.2 Å². The number of carbonyl (C=O) groups is 1. The summed E-state index contributed by atoms with van der Waals surface area (Å²) in [6.07, 6.45) is 6.40. The topological polar surface area (TPSA) is 66.9 Å². The monoisotopic (exact) mass is 402 g/mol. The van der Waals surface area contributed by atoms with E-state index in [1.807, 2.05) is 0 Å². The predicted molar refractivity (Wildman–Crippen MR) is 104 cm³/mol. The fraction of sp³-hybridized carbons (Fsp3) is 0.611. The van der Waals surface area contributed by atoms with Crippen LogP contribution < -0.4 is 9.04 Å². The number of benzene rings is 1. The van der Waals surface area contributed by atoms with Crippen molar-refractivity contribution < 1.29 is 17.9 Å². The van der Waals surface area contributed by atoms with E-state index in [9.17, 15) is 13.2 Å². The lowest BCUT2D eigenvalue weighted by Gasteiger charge is -2.36. The lowest BCUT2D eigenvalue weighted by atomic mass is 9.94. The summed E-state index contributed by atoms with van der Waals surface area (Å²) in [5, 5.41) is 0.291. The number of likely N-dealkylation sites (N-methyl/N-ethyl adjacent to an activating group) is 1. The predicted octanol–water partition coefficient (Wildman–Crippen LogP) is 3.29. The number of nitrogens with zero attached hydrogens (tertiary/aromatic N) is 2. The Morgan fingerprint density at radius 2 is 1.88 bits per heavy atom. The molecule has 0 radical (unpaired) electrons. The van der Waals surface area contributed by atoms with Crippen LogP contribution in [0.2, 0.25) is 5.02 Å². The van der Waals surface area contributed by atoms with E-state index in [-0.39, 0.29) is 11.9 Å². The van der Waals surface area contributed by atoms with Crippen molar-refractivity contribution >= 4 is 33.2 Å². The first kappa shape index (κ1) is 20.8. The van der Waals surface area contributed by atoms with E-state index >= 15 is 0 Å². The lowest BCUT2D eigenvalue weighted by Crippen LogP contribution is -2.51. The average molecular weight is 403 g/mol. The summed E-state index contributed by atoms with van der Waals surface area (Å²) in [6.45, 7) is 1.61. The third kappa shape index (κ3) is 4.62. The Kier molecular flexibility index (Phi) is 6.80. The van der Waals surface area contributed by atoms with E-state index in [2.05, 4.69) is 0 Å². The first-order valence-electron chi connectivity index (χ1n) is 8.76. The second-order valence-electron chi connectivity index (χ2n) is 6.79. The zero-order chi connectivity index (χ0) is 19.5. The highest BCUT2D eigenvalue weighted by molar-refractivity contribution is 7.92. The minimum absolute atomic E-state index is 0.166. The quantitative estimate of drug-likeness (QED) is 0.732. The van der Waals surface area contributed by atoms with Gasteiger partial charge < -0.3 is 9.64 Å². The van der Waals surface area contributed by atoms with E-state index in [0.717, 1.165) is 36.2 Å². The van der Waals surface area contributed by atoms with Crippen molar-refractivity contribution in [1.82, 2.24) is 4.90 Å². The second kappa shape index (κ2) is 8.48. The molecule has 0 aromatic heterocycles. The van der Waals surface area contributed by atoms with Crippen LogP contribution in [0, 0.1) is 0 Å². The van der Waals surface area contributed by atoms with Crippen molar-refractivity contribution in [3.8, 4) is 5.75 Å². The summed E-state index contributed by atoms with van der Waals surface area (Å²) in [4.78, 5) is 14.7. The maximum atomic E-state index is 13.0. The molecule has 0 saturated heterocycles. The van der Waals surface area contributed by atoms with E-state index in [1.54, 1.807) is 31.0 Å². The highest BCUT2D eigenvalue weighted by Crippen LogP contribution is 2.32. The Hall–Kier alpha value is -1.47. The molecular formula is C18H27ClN2O4S. The molecule has 6 nitrogen and oxygen atoms in total. The van der Waals surface area contributed by atoms with Crippen molar-refractivity contribution in [1.29, 1.82) is 0 Å². The number of anilines is 1. The van der Waals surface area contributed by atoms with Crippen molar-refractivity contribution in [2.24, 2.45) is 0 Å². The Bertz CT molecular complexity index is 748. The number of sulfonamides is 1. The van der Waals surface area contributed by atoms with Crippen molar-refractivity contribution in [2.75, 3.05) is 24.7 Å². The van der Waals surface area contributed by atoms with Crippen LogP contribution in [0.4, 0.5) is 5.69 Å². The Morgan fingerprint density at radius 3 is 2.38 bits per heavy atom. The molecule has 1 atom stereocenters. The van der Waals surface area contributed by atoms with Crippen LogP contribution in [-0.4, -0.2) is 51.7 Å². The SMILES string of the molecule is COc1ccc(N([C@H](C)C(=O)N(C)C2CCCCC2)S(C)(=O)=O)cc1Cl. The van der Waals surface area contributed by atoms with Crippen LogP contribution in [0.3, 0.4) is 0 Å². The number of ether oxygens (including phenoxy) is 1. The van der Waals surface area contributed by atoms with Gasteiger partial charge in [0.15, 0.2) is 0 Å². The molecule has 1 aliphatic carbocycles.